The topological polar surface area (TPSA) is 12.0 Å². The van der Waals surface area contributed by atoms with E-state index in [0.29, 0.717) is 11.5 Å². The van der Waals surface area contributed by atoms with Crippen LogP contribution in [-0.4, -0.2) is 6.04 Å². The summed E-state index contributed by atoms with van der Waals surface area (Å²) in [7, 11) is 0. The summed E-state index contributed by atoms with van der Waals surface area (Å²) in [5.41, 5.74) is 3.08. The molecule has 0 aromatic heterocycles. The number of halogens is 1. The lowest BCUT2D eigenvalue weighted by atomic mass is 9.69. The highest BCUT2D eigenvalue weighted by Crippen LogP contribution is 2.41. The molecule has 0 heterocycles. The Balaban J connectivity index is 1.90. The predicted octanol–water partition coefficient (Wildman–Crippen LogP) is 6.16. The second-order valence-corrected chi connectivity index (χ2v) is 7.85. The highest BCUT2D eigenvalue weighted by Gasteiger charge is 2.31. The monoisotopic (exact) mass is 337 g/mol. The van der Waals surface area contributed by atoms with Crippen LogP contribution in [0.1, 0.15) is 58.4 Å². The van der Waals surface area contributed by atoms with Crippen LogP contribution in [0.25, 0.3) is 0 Å². The summed E-state index contributed by atoms with van der Waals surface area (Å²) in [5, 5.41) is 3.72. The van der Waals surface area contributed by atoms with Gasteiger partial charge in [0.1, 0.15) is 0 Å². The molecule has 0 bridgehead atoms. The maximum Gasteiger partial charge on any atom is 0.0345 e. The third kappa shape index (κ3) is 3.78. The van der Waals surface area contributed by atoms with E-state index >= 15 is 0 Å². The van der Waals surface area contributed by atoms with Crippen LogP contribution in [0.15, 0.2) is 22.7 Å². The fraction of sp³-hybridized carbons (Fsp3) is 0.667. The van der Waals surface area contributed by atoms with Crippen molar-refractivity contribution < 1.29 is 0 Å². The van der Waals surface area contributed by atoms with Gasteiger partial charge in [0, 0.05) is 16.2 Å². The van der Waals surface area contributed by atoms with Gasteiger partial charge in [0.05, 0.1) is 0 Å². The standard InChI is InChI=1S/C18H28BrN/c1-5-18(3,4)14-6-8-15(9-7-14)20-16-10-11-17(19)13(2)12-16/h10-12,14-15,20H,5-9H2,1-4H3. The average molecular weight is 338 g/mol. The summed E-state index contributed by atoms with van der Waals surface area (Å²) in [6, 6.07) is 7.22. The van der Waals surface area contributed by atoms with Crippen LogP contribution >= 0.6 is 15.9 Å². The molecule has 0 amide bonds. The van der Waals surface area contributed by atoms with Gasteiger partial charge in [0.2, 0.25) is 0 Å². The number of aryl methyl sites for hydroxylation is 1. The summed E-state index contributed by atoms with van der Waals surface area (Å²) in [6.07, 6.45) is 6.65. The van der Waals surface area contributed by atoms with E-state index in [0.717, 1.165) is 5.92 Å². The summed E-state index contributed by atoms with van der Waals surface area (Å²) in [4.78, 5) is 0. The maximum absolute atomic E-state index is 3.72. The van der Waals surface area contributed by atoms with Gasteiger partial charge in [0.25, 0.3) is 0 Å². The van der Waals surface area contributed by atoms with E-state index < -0.39 is 0 Å². The highest BCUT2D eigenvalue weighted by atomic mass is 79.9. The molecule has 20 heavy (non-hydrogen) atoms. The molecule has 0 aliphatic heterocycles. The number of nitrogens with one attached hydrogen (secondary N) is 1. The van der Waals surface area contributed by atoms with Gasteiger partial charge in [-0.25, -0.2) is 0 Å². The molecule has 1 saturated carbocycles. The largest absolute Gasteiger partial charge is 0.382 e. The zero-order chi connectivity index (χ0) is 14.8. The van der Waals surface area contributed by atoms with Crippen molar-refractivity contribution in [2.75, 3.05) is 5.32 Å². The SMILES string of the molecule is CCC(C)(C)C1CCC(Nc2ccc(Br)c(C)c2)CC1. The lowest BCUT2D eigenvalue weighted by Gasteiger charge is -2.39. The quantitative estimate of drug-likeness (QED) is 0.693. The minimum atomic E-state index is 0.513. The van der Waals surface area contributed by atoms with E-state index in [1.807, 2.05) is 0 Å². The molecule has 1 aromatic rings. The number of anilines is 1. The van der Waals surface area contributed by atoms with Crippen LogP contribution in [0, 0.1) is 18.3 Å². The predicted molar refractivity (Wildman–Crippen MR) is 92.3 cm³/mol. The average Bonchev–Trinajstić information content (AvgIpc) is 2.43. The molecule has 0 saturated heterocycles. The van der Waals surface area contributed by atoms with Gasteiger partial charge in [0.15, 0.2) is 0 Å². The molecule has 0 atom stereocenters. The molecule has 1 aliphatic carbocycles. The lowest BCUT2D eigenvalue weighted by molar-refractivity contribution is 0.147. The minimum absolute atomic E-state index is 0.513. The Morgan fingerprint density at radius 2 is 1.85 bits per heavy atom. The van der Waals surface area contributed by atoms with Crippen molar-refractivity contribution in [3.8, 4) is 0 Å². The molecule has 2 heteroatoms. The summed E-state index contributed by atoms with van der Waals surface area (Å²) in [5.74, 6) is 0.900. The van der Waals surface area contributed by atoms with Crippen LogP contribution < -0.4 is 5.32 Å². The van der Waals surface area contributed by atoms with Crippen LogP contribution in [-0.2, 0) is 0 Å². The normalized spacial score (nSPS) is 23.6. The van der Waals surface area contributed by atoms with Crippen LogP contribution in [0.2, 0.25) is 0 Å². The van der Waals surface area contributed by atoms with Crippen molar-refractivity contribution >= 4 is 21.6 Å². The Morgan fingerprint density at radius 1 is 1.20 bits per heavy atom. The molecular formula is C18H28BrN. The van der Waals surface area contributed by atoms with Crippen molar-refractivity contribution in [2.24, 2.45) is 11.3 Å². The van der Waals surface area contributed by atoms with Gasteiger partial charge >= 0.3 is 0 Å². The van der Waals surface area contributed by atoms with E-state index in [2.05, 4.69) is 67.1 Å². The van der Waals surface area contributed by atoms with Gasteiger partial charge in [-0.15, -0.1) is 0 Å². The minimum Gasteiger partial charge on any atom is -0.382 e. The van der Waals surface area contributed by atoms with Gasteiger partial charge < -0.3 is 5.32 Å². The number of rotatable bonds is 4. The fourth-order valence-corrected chi connectivity index (χ4v) is 3.52. The van der Waals surface area contributed by atoms with Crippen LogP contribution in [0.4, 0.5) is 5.69 Å². The zero-order valence-electron chi connectivity index (χ0n) is 13.3. The third-order valence-electron chi connectivity index (χ3n) is 5.27. The summed E-state index contributed by atoms with van der Waals surface area (Å²) in [6.45, 7) is 9.35. The van der Waals surface area contributed by atoms with Gasteiger partial charge in [-0.05, 0) is 67.7 Å². The Bertz CT molecular complexity index is 445. The van der Waals surface area contributed by atoms with Crippen molar-refractivity contribution in [3.05, 3.63) is 28.2 Å². The number of hydrogen-bond donors (Lipinski definition) is 1. The van der Waals surface area contributed by atoms with Gasteiger partial charge in [-0.2, -0.15) is 0 Å². The molecule has 0 radical (unpaired) electrons. The van der Waals surface area contributed by atoms with Crippen molar-refractivity contribution in [3.63, 3.8) is 0 Å². The van der Waals surface area contributed by atoms with E-state index in [1.165, 1.54) is 47.8 Å². The fourth-order valence-electron chi connectivity index (χ4n) is 3.28. The molecule has 2 rings (SSSR count). The van der Waals surface area contributed by atoms with Gasteiger partial charge in [-0.1, -0.05) is 43.1 Å². The van der Waals surface area contributed by atoms with Crippen molar-refractivity contribution in [2.45, 2.75) is 65.8 Å². The van der Waals surface area contributed by atoms with Crippen LogP contribution in [0.3, 0.4) is 0 Å². The highest BCUT2D eigenvalue weighted by molar-refractivity contribution is 9.10. The maximum atomic E-state index is 3.72. The Hall–Kier alpha value is -0.500. The molecule has 1 aromatic carbocycles. The van der Waals surface area contributed by atoms with E-state index in [1.54, 1.807) is 0 Å². The first kappa shape index (κ1) is 15.9. The molecule has 112 valence electrons. The zero-order valence-corrected chi connectivity index (χ0v) is 14.9. The molecule has 1 nitrogen and oxygen atoms in total. The third-order valence-corrected chi connectivity index (χ3v) is 6.16. The number of benzene rings is 1. The molecule has 1 fully saturated rings. The Labute approximate surface area is 132 Å². The molecule has 0 unspecified atom stereocenters. The second kappa shape index (κ2) is 6.51. The smallest absolute Gasteiger partial charge is 0.0345 e. The van der Waals surface area contributed by atoms with Crippen molar-refractivity contribution in [1.29, 1.82) is 0 Å². The van der Waals surface area contributed by atoms with Crippen LogP contribution in [0.5, 0.6) is 0 Å². The summed E-state index contributed by atoms with van der Waals surface area (Å²) < 4.78 is 1.19. The Kier molecular flexibility index (Phi) is 5.17. The summed E-state index contributed by atoms with van der Waals surface area (Å²) >= 11 is 3.56. The second-order valence-electron chi connectivity index (χ2n) is 7.00. The molecule has 1 aliphatic rings. The van der Waals surface area contributed by atoms with E-state index in [4.69, 9.17) is 0 Å². The van der Waals surface area contributed by atoms with Gasteiger partial charge in [-0.3, -0.25) is 0 Å². The first-order chi connectivity index (χ1) is 9.42. The Morgan fingerprint density at radius 3 is 2.40 bits per heavy atom. The first-order valence-corrected chi connectivity index (χ1v) is 8.74. The molecular weight excluding hydrogens is 310 g/mol. The van der Waals surface area contributed by atoms with E-state index in [-0.39, 0.29) is 0 Å². The molecule has 0 spiro atoms. The number of hydrogen-bond acceptors (Lipinski definition) is 1. The first-order valence-electron chi connectivity index (χ1n) is 7.95. The van der Waals surface area contributed by atoms with Crippen molar-refractivity contribution in [1.82, 2.24) is 0 Å². The molecule has 1 N–H and O–H groups in total. The lowest BCUT2D eigenvalue weighted by Crippen LogP contribution is -2.32. The van der Waals surface area contributed by atoms with E-state index in [9.17, 15) is 0 Å².